The Morgan fingerprint density at radius 3 is 2.50 bits per heavy atom. The average Bonchev–Trinajstić information content (AvgIpc) is 2.56. The number of carbonyl (C=O) groups is 1. The molecule has 0 unspecified atom stereocenters. The second-order valence-electron chi connectivity index (χ2n) is 3.94. The summed E-state index contributed by atoms with van der Waals surface area (Å²) in [6.07, 6.45) is 4.62. The van der Waals surface area contributed by atoms with Crippen LogP contribution in [0.5, 0.6) is 0 Å². The van der Waals surface area contributed by atoms with Gasteiger partial charge in [-0.15, -0.1) is 0 Å². The summed E-state index contributed by atoms with van der Waals surface area (Å²) in [6, 6.07) is 3.43. The standard InChI is InChI=1S/C11H15BrN2O2/c12-9-5-6-10(16-9)13-11(15)14-7-3-1-2-4-8-14/h5-6H,1-4,7-8H2,(H,13,15). The first-order valence-electron chi connectivity index (χ1n) is 5.57. The van der Waals surface area contributed by atoms with Crippen LogP contribution >= 0.6 is 15.9 Å². The zero-order valence-corrected chi connectivity index (χ0v) is 10.6. The molecule has 0 spiro atoms. The molecule has 0 aliphatic carbocycles. The van der Waals surface area contributed by atoms with Gasteiger partial charge in [0.05, 0.1) is 0 Å². The lowest BCUT2D eigenvalue weighted by atomic mass is 10.2. The minimum absolute atomic E-state index is 0.0660. The van der Waals surface area contributed by atoms with Crippen molar-refractivity contribution in [1.29, 1.82) is 0 Å². The Kier molecular flexibility index (Phi) is 3.88. The Morgan fingerprint density at radius 2 is 1.94 bits per heavy atom. The molecule has 2 amide bonds. The third-order valence-electron chi connectivity index (χ3n) is 2.70. The molecular formula is C11H15BrN2O2. The monoisotopic (exact) mass is 286 g/mol. The van der Waals surface area contributed by atoms with Crippen LogP contribution in [0.15, 0.2) is 21.2 Å². The van der Waals surface area contributed by atoms with Gasteiger partial charge in [-0.2, -0.15) is 0 Å². The fourth-order valence-electron chi connectivity index (χ4n) is 1.84. The third kappa shape index (κ3) is 3.01. The molecular weight excluding hydrogens is 272 g/mol. The van der Waals surface area contributed by atoms with Gasteiger partial charge in [0.25, 0.3) is 0 Å². The summed E-state index contributed by atoms with van der Waals surface area (Å²) in [5.41, 5.74) is 0. The average molecular weight is 287 g/mol. The van der Waals surface area contributed by atoms with E-state index < -0.39 is 0 Å². The van der Waals surface area contributed by atoms with E-state index in [-0.39, 0.29) is 6.03 Å². The van der Waals surface area contributed by atoms with Gasteiger partial charge in [-0.25, -0.2) is 4.79 Å². The summed E-state index contributed by atoms with van der Waals surface area (Å²) in [6.45, 7) is 1.68. The Labute approximate surface area is 103 Å². The molecule has 2 heterocycles. The molecule has 0 saturated carbocycles. The molecule has 88 valence electrons. The molecule has 0 atom stereocenters. The van der Waals surface area contributed by atoms with Gasteiger partial charge in [0.15, 0.2) is 4.67 Å². The maximum absolute atomic E-state index is 11.9. The molecule has 0 aromatic carbocycles. The van der Waals surface area contributed by atoms with Crippen molar-refractivity contribution in [2.45, 2.75) is 25.7 Å². The van der Waals surface area contributed by atoms with Crippen LogP contribution in [-0.2, 0) is 0 Å². The summed E-state index contributed by atoms with van der Waals surface area (Å²) in [5.74, 6) is 0.487. The fraction of sp³-hybridized carbons (Fsp3) is 0.545. The first-order chi connectivity index (χ1) is 7.75. The van der Waals surface area contributed by atoms with Crippen molar-refractivity contribution in [1.82, 2.24) is 4.90 Å². The Balaban J connectivity index is 1.91. The summed E-state index contributed by atoms with van der Waals surface area (Å²) in [7, 11) is 0. The van der Waals surface area contributed by atoms with Crippen LogP contribution in [-0.4, -0.2) is 24.0 Å². The van der Waals surface area contributed by atoms with Crippen molar-refractivity contribution in [3.63, 3.8) is 0 Å². The number of likely N-dealkylation sites (tertiary alicyclic amines) is 1. The lowest BCUT2D eigenvalue weighted by Crippen LogP contribution is -2.35. The van der Waals surface area contributed by atoms with Crippen molar-refractivity contribution in [2.75, 3.05) is 18.4 Å². The van der Waals surface area contributed by atoms with E-state index in [1.807, 2.05) is 4.90 Å². The lowest BCUT2D eigenvalue weighted by molar-refractivity contribution is 0.213. The van der Waals surface area contributed by atoms with E-state index in [0.717, 1.165) is 25.9 Å². The van der Waals surface area contributed by atoms with Gasteiger partial charge in [0.2, 0.25) is 5.88 Å². The number of halogens is 1. The van der Waals surface area contributed by atoms with E-state index in [1.165, 1.54) is 12.8 Å². The van der Waals surface area contributed by atoms with Crippen LogP contribution in [0.3, 0.4) is 0 Å². The largest absolute Gasteiger partial charge is 0.434 e. The molecule has 1 aliphatic rings. The van der Waals surface area contributed by atoms with E-state index in [1.54, 1.807) is 12.1 Å². The maximum atomic E-state index is 11.9. The van der Waals surface area contributed by atoms with Crippen LogP contribution in [0.1, 0.15) is 25.7 Å². The topological polar surface area (TPSA) is 45.5 Å². The van der Waals surface area contributed by atoms with Gasteiger partial charge in [-0.05, 0) is 34.8 Å². The van der Waals surface area contributed by atoms with Crippen molar-refractivity contribution in [3.05, 3.63) is 16.8 Å². The number of nitrogens with zero attached hydrogens (tertiary/aromatic N) is 1. The molecule has 1 fully saturated rings. The SMILES string of the molecule is O=C(Nc1ccc(Br)o1)N1CCCCCC1. The molecule has 4 nitrogen and oxygen atoms in total. The van der Waals surface area contributed by atoms with Gasteiger partial charge in [0, 0.05) is 19.2 Å². The number of nitrogens with one attached hydrogen (secondary N) is 1. The maximum Gasteiger partial charge on any atom is 0.324 e. The van der Waals surface area contributed by atoms with Gasteiger partial charge >= 0.3 is 6.03 Å². The minimum Gasteiger partial charge on any atom is -0.434 e. The minimum atomic E-state index is -0.0660. The number of hydrogen-bond acceptors (Lipinski definition) is 2. The van der Waals surface area contributed by atoms with Crippen LogP contribution in [0, 0.1) is 0 Å². The summed E-state index contributed by atoms with van der Waals surface area (Å²) in [5, 5.41) is 2.75. The molecule has 2 rings (SSSR count). The van der Waals surface area contributed by atoms with Gasteiger partial charge < -0.3 is 9.32 Å². The molecule has 0 radical (unpaired) electrons. The van der Waals surface area contributed by atoms with E-state index >= 15 is 0 Å². The predicted octanol–water partition coefficient (Wildman–Crippen LogP) is 3.45. The smallest absolute Gasteiger partial charge is 0.324 e. The number of rotatable bonds is 1. The zero-order valence-electron chi connectivity index (χ0n) is 9.04. The lowest BCUT2D eigenvalue weighted by Gasteiger charge is -2.19. The number of furan rings is 1. The van der Waals surface area contributed by atoms with E-state index in [2.05, 4.69) is 21.2 Å². The van der Waals surface area contributed by atoms with Crippen molar-refractivity contribution in [3.8, 4) is 0 Å². The molecule has 1 saturated heterocycles. The number of hydrogen-bond donors (Lipinski definition) is 1. The van der Waals surface area contributed by atoms with Gasteiger partial charge in [-0.1, -0.05) is 12.8 Å². The summed E-state index contributed by atoms with van der Waals surface area (Å²) >= 11 is 3.20. The van der Waals surface area contributed by atoms with E-state index in [9.17, 15) is 4.79 Å². The summed E-state index contributed by atoms with van der Waals surface area (Å²) in [4.78, 5) is 13.7. The molecule has 1 aromatic heterocycles. The molecule has 1 N–H and O–H groups in total. The highest BCUT2D eigenvalue weighted by atomic mass is 79.9. The van der Waals surface area contributed by atoms with E-state index in [4.69, 9.17) is 4.42 Å². The van der Waals surface area contributed by atoms with Crippen molar-refractivity contribution >= 4 is 27.8 Å². The summed E-state index contributed by atoms with van der Waals surface area (Å²) < 4.78 is 5.86. The highest BCUT2D eigenvalue weighted by molar-refractivity contribution is 9.10. The fourth-order valence-corrected chi connectivity index (χ4v) is 2.15. The number of anilines is 1. The molecule has 1 aliphatic heterocycles. The molecule has 1 aromatic rings. The number of amides is 2. The van der Waals surface area contributed by atoms with Crippen LogP contribution < -0.4 is 5.32 Å². The molecule has 16 heavy (non-hydrogen) atoms. The second kappa shape index (κ2) is 5.39. The first-order valence-corrected chi connectivity index (χ1v) is 6.36. The second-order valence-corrected chi connectivity index (χ2v) is 4.72. The van der Waals surface area contributed by atoms with Crippen molar-refractivity contribution in [2.24, 2.45) is 0 Å². The quantitative estimate of drug-likeness (QED) is 0.859. The number of urea groups is 1. The normalized spacial score (nSPS) is 16.9. The van der Waals surface area contributed by atoms with Crippen LogP contribution in [0.4, 0.5) is 10.7 Å². The van der Waals surface area contributed by atoms with Crippen LogP contribution in [0.25, 0.3) is 0 Å². The van der Waals surface area contributed by atoms with Gasteiger partial charge in [-0.3, -0.25) is 5.32 Å². The van der Waals surface area contributed by atoms with Gasteiger partial charge in [0.1, 0.15) is 0 Å². The Bertz CT molecular complexity index is 357. The molecule has 5 heteroatoms. The van der Waals surface area contributed by atoms with Crippen LogP contribution in [0.2, 0.25) is 0 Å². The number of carbonyl (C=O) groups excluding carboxylic acids is 1. The first kappa shape index (κ1) is 11.5. The zero-order chi connectivity index (χ0) is 11.4. The predicted molar refractivity (Wildman–Crippen MR) is 65.5 cm³/mol. The van der Waals surface area contributed by atoms with E-state index in [0.29, 0.717) is 10.6 Å². The third-order valence-corrected chi connectivity index (χ3v) is 3.12. The Morgan fingerprint density at radius 1 is 1.25 bits per heavy atom. The highest BCUT2D eigenvalue weighted by Gasteiger charge is 2.16. The highest BCUT2D eigenvalue weighted by Crippen LogP contribution is 2.19. The van der Waals surface area contributed by atoms with Crippen molar-refractivity contribution < 1.29 is 9.21 Å². The molecule has 0 bridgehead atoms. The Hall–Kier alpha value is -0.970.